The predicted octanol–water partition coefficient (Wildman–Crippen LogP) is 3.95. The highest BCUT2D eigenvalue weighted by Crippen LogP contribution is 2.40. The third-order valence-electron chi connectivity index (χ3n) is 4.37. The van der Waals surface area contributed by atoms with Gasteiger partial charge < -0.3 is 9.47 Å². The fraction of sp³-hybridized carbons (Fsp3) is 0.278. The number of halogens is 2. The van der Waals surface area contributed by atoms with Crippen molar-refractivity contribution in [3.05, 3.63) is 53.4 Å². The normalized spacial score (nSPS) is 16.4. The Morgan fingerprint density at radius 2 is 2.12 bits per heavy atom. The summed E-state index contributed by atoms with van der Waals surface area (Å²) in [4.78, 5) is 4.44. The molecular formula is C18H16F2N2O2. The lowest BCUT2D eigenvalue weighted by Crippen LogP contribution is -2.04. The number of methoxy groups -OCH3 is 1. The number of imidazole rings is 1. The van der Waals surface area contributed by atoms with Crippen LogP contribution in [0, 0.1) is 11.6 Å². The molecule has 0 aliphatic carbocycles. The van der Waals surface area contributed by atoms with E-state index in [0.717, 1.165) is 11.6 Å². The van der Waals surface area contributed by atoms with Gasteiger partial charge in [-0.2, -0.15) is 0 Å². The minimum atomic E-state index is -0.904. The summed E-state index contributed by atoms with van der Waals surface area (Å²) in [5.41, 5.74) is 2.10. The van der Waals surface area contributed by atoms with Crippen molar-refractivity contribution < 1.29 is 18.3 Å². The average molecular weight is 330 g/mol. The van der Waals surface area contributed by atoms with Gasteiger partial charge in [-0.25, -0.2) is 13.8 Å². The molecule has 1 aromatic heterocycles. The van der Waals surface area contributed by atoms with Crippen molar-refractivity contribution in [3.8, 4) is 11.4 Å². The number of aryl methyl sites for hydroxylation is 1. The van der Waals surface area contributed by atoms with Crippen LogP contribution in [0.3, 0.4) is 0 Å². The van der Waals surface area contributed by atoms with Crippen LogP contribution >= 0.6 is 0 Å². The molecule has 6 heteroatoms. The number of hydrogen-bond donors (Lipinski definition) is 0. The Hall–Kier alpha value is -2.47. The van der Waals surface area contributed by atoms with Crippen molar-refractivity contribution >= 4 is 11.0 Å². The second-order valence-corrected chi connectivity index (χ2v) is 5.68. The van der Waals surface area contributed by atoms with Gasteiger partial charge in [0.1, 0.15) is 29.8 Å². The van der Waals surface area contributed by atoms with Crippen LogP contribution in [0.4, 0.5) is 8.78 Å². The van der Waals surface area contributed by atoms with Crippen LogP contribution < -0.4 is 4.74 Å². The zero-order valence-electron chi connectivity index (χ0n) is 13.3. The second-order valence-electron chi connectivity index (χ2n) is 5.68. The van der Waals surface area contributed by atoms with Crippen LogP contribution in [0.2, 0.25) is 0 Å². The van der Waals surface area contributed by atoms with Gasteiger partial charge >= 0.3 is 0 Å². The lowest BCUT2D eigenvalue weighted by Gasteiger charge is -2.13. The molecule has 1 aliphatic rings. The van der Waals surface area contributed by atoms with E-state index in [-0.39, 0.29) is 11.6 Å². The van der Waals surface area contributed by atoms with Crippen LogP contribution in [-0.2, 0) is 11.2 Å². The van der Waals surface area contributed by atoms with Crippen LogP contribution in [0.25, 0.3) is 16.7 Å². The largest absolute Gasteiger partial charge is 0.488 e. The molecule has 0 radical (unpaired) electrons. The van der Waals surface area contributed by atoms with E-state index >= 15 is 0 Å². The minimum absolute atomic E-state index is 0.129. The Morgan fingerprint density at radius 1 is 1.29 bits per heavy atom. The molecule has 0 spiro atoms. The van der Waals surface area contributed by atoms with Gasteiger partial charge in [0.25, 0.3) is 0 Å². The van der Waals surface area contributed by atoms with Gasteiger partial charge in [-0.1, -0.05) is 19.1 Å². The molecule has 124 valence electrons. The van der Waals surface area contributed by atoms with E-state index in [1.807, 2.05) is 25.1 Å². The monoisotopic (exact) mass is 330 g/mol. The Morgan fingerprint density at radius 3 is 2.88 bits per heavy atom. The first kappa shape index (κ1) is 15.1. The topological polar surface area (TPSA) is 36.3 Å². The van der Waals surface area contributed by atoms with E-state index in [1.165, 1.54) is 6.07 Å². The third-order valence-corrected chi connectivity index (χ3v) is 4.37. The zero-order chi connectivity index (χ0) is 16.8. The first-order valence-corrected chi connectivity index (χ1v) is 7.80. The predicted molar refractivity (Wildman–Crippen MR) is 85.6 cm³/mol. The summed E-state index contributed by atoms with van der Waals surface area (Å²) in [5, 5.41) is 0. The Kier molecular flexibility index (Phi) is 3.49. The van der Waals surface area contributed by atoms with Crippen molar-refractivity contribution in [2.45, 2.75) is 19.4 Å². The molecule has 0 N–H and O–H groups in total. The van der Waals surface area contributed by atoms with E-state index < -0.39 is 11.6 Å². The van der Waals surface area contributed by atoms with Crippen molar-refractivity contribution in [2.75, 3.05) is 13.7 Å². The van der Waals surface area contributed by atoms with Crippen molar-refractivity contribution in [2.24, 2.45) is 0 Å². The van der Waals surface area contributed by atoms with Gasteiger partial charge in [0.2, 0.25) is 0 Å². The molecule has 2 aromatic carbocycles. The van der Waals surface area contributed by atoms with Gasteiger partial charge in [-0.15, -0.1) is 0 Å². The maximum atomic E-state index is 14.5. The number of para-hydroxylation sites is 1. The smallest absolute Gasteiger partial charge is 0.185 e. The van der Waals surface area contributed by atoms with Crippen LogP contribution in [0.5, 0.6) is 5.75 Å². The van der Waals surface area contributed by atoms with Gasteiger partial charge in [0.05, 0.1) is 11.2 Å². The SMILES string of the molecule is CCc1nc2ccc(F)c(F)c2n1-c1cccc2c1OC[C@H]2OC. The summed E-state index contributed by atoms with van der Waals surface area (Å²) in [7, 11) is 1.62. The molecule has 0 amide bonds. The molecular weight excluding hydrogens is 314 g/mol. The van der Waals surface area contributed by atoms with E-state index in [4.69, 9.17) is 9.47 Å². The summed E-state index contributed by atoms with van der Waals surface area (Å²) in [6, 6.07) is 8.19. The molecule has 0 saturated carbocycles. The van der Waals surface area contributed by atoms with E-state index in [1.54, 1.807) is 11.7 Å². The number of ether oxygens (including phenoxy) is 2. The Balaban J connectivity index is 2.05. The maximum absolute atomic E-state index is 14.5. The maximum Gasteiger partial charge on any atom is 0.185 e. The summed E-state index contributed by atoms with van der Waals surface area (Å²) in [6.45, 7) is 2.32. The molecule has 24 heavy (non-hydrogen) atoms. The molecule has 0 bridgehead atoms. The van der Waals surface area contributed by atoms with Crippen LogP contribution in [-0.4, -0.2) is 23.3 Å². The standard InChI is InChI=1S/C18H16F2N2O2/c1-3-15-21-12-8-7-11(19)16(20)17(12)22(15)13-6-4-5-10-14(23-2)9-24-18(10)13/h4-8,14H,3,9H2,1-2H3/t14-/m1/s1. The van der Waals surface area contributed by atoms with E-state index in [9.17, 15) is 8.78 Å². The van der Waals surface area contributed by atoms with Crippen molar-refractivity contribution in [3.63, 3.8) is 0 Å². The van der Waals surface area contributed by atoms with Crippen molar-refractivity contribution in [1.82, 2.24) is 9.55 Å². The number of fused-ring (bicyclic) bond motifs is 2. The molecule has 3 aromatic rings. The first-order valence-electron chi connectivity index (χ1n) is 7.80. The quantitative estimate of drug-likeness (QED) is 0.730. The lowest BCUT2D eigenvalue weighted by atomic mass is 10.1. The lowest BCUT2D eigenvalue weighted by molar-refractivity contribution is 0.0817. The number of rotatable bonds is 3. The number of aromatic nitrogens is 2. The average Bonchev–Trinajstić information content (AvgIpc) is 3.19. The van der Waals surface area contributed by atoms with E-state index in [0.29, 0.717) is 35.8 Å². The Labute approximate surface area is 137 Å². The molecule has 4 nitrogen and oxygen atoms in total. The molecule has 1 aliphatic heterocycles. The third kappa shape index (κ3) is 2.03. The summed E-state index contributed by atoms with van der Waals surface area (Å²) < 4.78 is 41.1. The molecule has 1 atom stereocenters. The first-order chi connectivity index (χ1) is 11.7. The van der Waals surface area contributed by atoms with E-state index in [2.05, 4.69) is 4.98 Å². The highest BCUT2D eigenvalue weighted by atomic mass is 19.2. The number of nitrogens with zero attached hydrogens (tertiary/aromatic N) is 2. The van der Waals surface area contributed by atoms with Gasteiger partial charge in [-0.3, -0.25) is 4.57 Å². The molecule has 2 heterocycles. The fourth-order valence-corrected chi connectivity index (χ4v) is 3.22. The van der Waals surface area contributed by atoms with Crippen LogP contribution in [0.1, 0.15) is 24.4 Å². The minimum Gasteiger partial charge on any atom is -0.488 e. The van der Waals surface area contributed by atoms with Gasteiger partial charge in [0, 0.05) is 19.1 Å². The second kappa shape index (κ2) is 5.56. The summed E-state index contributed by atoms with van der Waals surface area (Å²) >= 11 is 0. The van der Waals surface area contributed by atoms with Crippen LogP contribution in [0.15, 0.2) is 30.3 Å². The molecule has 0 unspecified atom stereocenters. The Bertz CT molecular complexity index is 936. The molecule has 0 saturated heterocycles. The molecule has 4 rings (SSSR count). The fourth-order valence-electron chi connectivity index (χ4n) is 3.22. The summed E-state index contributed by atoms with van der Waals surface area (Å²) in [6.07, 6.45) is 0.411. The van der Waals surface area contributed by atoms with Gasteiger partial charge in [-0.05, 0) is 18.2 Å². The number of benzene rings is 2. The summed E-state index contributed by atoms with van der Waals surface area (Å²) in [5.74, 6) is -0.525. The molecule has 0 fully saturated rings. The highest BCUT2D eigenvalue weighted by Gasteiger charge is 2.29. The number of hydrogen-bond acceptors (Lipinski definition) is 3. The zero-order valence-corrected chi connectivity index (χ0v) is 13.3. The van der Waals surface area contributed by atoms with Crippen molar-refractivity contribution in [1.29, 1.82) is 0 Å². The highest BCUT2D eigenvalue weighted by molar-refractivity contribution is 5.80. The van der Waals surface area contributed by atoms with Gasteiger partial charge in [0.15, 0.2) is 11.6 Å².